The Morgan fingerprint density at radius 2 is 2.04 bits per heavy atom. The Labute approximate surface area is 143 Å². The number of amides is 2. The zero-order valence-corrected chi connectivity index (χ0v) is 14.7. The number of nitrogens with one attached hydrogen (secondary N) is 1. The number of rotatable bonds is 2. The van der Waals surface area contributed by atoms with Crippen molar-refractivity contribution in [2.24, 2.45) is 5.92 Å². The minimum atomic E-state index is -0.677. The standard InChI is InChI=1S/C17H27N5O2/c1-12(2)18-16(23)22-9-7-17(24)6-8-21(10-14(17)11-22)15-5-4-13(3)19-20-15/h4-5,12,14,24H,6-11H2,1-3H3,(H,18,23)/t14-,17-/m0/s1. The fourth-order valence-electron chi connectivity index (χ4n) is 3.59. The lowest BCUT2D eigenvalue weighted by Crippen LogP contribution is -2.62. The highest BCUT2D eigenvalue weighted by atomic mass is 16.3. The van der Waals surface area contributed by atoms with Crippen LogP contribution < -0.4 is 10.2 Å². The number of carbonyl (C=O) groups excluding carboxylic acids is 1. The van der Waals surface area contributed by atoms with Gasteiger partial charge in [-0.15, -0.1) is 5.10 Å². The summed E-state index contributed by atoms with van der Waals surface area (Å²) in [5, 5.41) is 22.3. The molecular weight excluding hydrogens is 306 g/mol. The first-order chi connectivity index (χ1) is 11.4. The number of aryl methyl sites for hydroxylation is 1. The second-order valence-electron chi connectivity index (χ2n) is 7.33. The largest absolute Gasteiger partial charge is 0.389 e. The van der Waals surface area contributed by atoms with E-state index in [1.807, 2.05) is 37.8 Å². The number of likely N-dealkylation sites (tertiary alicyclic amines) is 1. The fraction of sp³-hybridized carbons (Fsp3) is 0.706. The van der Waals surface area contributed by atoms with E-state index in [2.05, 4.69) is 20.4 Å². The molecule has 0 bridgehead atoms. The molecule has 2 fully saturated rings. The average Bonchev–Trinajstić information content (AvgIpc) is 2.54. The van der Waals surface area contributed by atoms with E-state index >= 15 is 0 Å². The van der Waals surface area contributed by atoms with Gasteiger partial charge in [-0.1, -0.05) is 0 Å². The first-order valence-electron chi connectivity index (χ1n) is 8.70. The molecule has 0 radical (unpaired) electrons. The molecule has 2 aliphatic heterocycles. The monoisotopic (exact) mass is 333 g/mol. The molecule has 3 heterocycles. The molecule has 2 N–H and O–H groups in total. The molecule has 3 rings (SSSR count). The van der Waals surface area contributed by atoms with Crippen molar-refractivity contribution in [2.75, 3.05) is 31.1 Å². The number of urea groups is 1. The lowest BCUT2D eigenvalue weighted by atomic mass is 9.75. The Kier molecular flexibility index (Phi) is 4.62. The second-order valence-corrected chi connectivity index (χ2v) is 7.33. The summed E-state index contributed by atoms with van der Waals surface area (Å²) in [6, 6.07) is 3.99. The van der Waals surface area contributed by atoms with Gasteiger partial charge in [-0.3, -0.25) is 0 Å². The van der Waals surface area contributed by atoms with Crippen molar-refractivity contribution >= 4 is 11.8 Å². The number of anilines is 1. The van der Waals surface area contributed by atoms with Gasteiger partial charge < -0.3 is 20.2 Å². The molecule has 0 spiro atoms. The SMILES string of the molecule is Cc1ccc(N2CC[C@]3(O)CCN(C(=O)NC(C)C)C[C@@H]3C2)nn1. The molecule has 7 heteroatoms. The normalized spacial score (nSPS) is 27.1. The van der Waals surface area contributed by atoms with Crippen molar-refractivity contribution in [3.63, 3.8) is 0 Å². The summed E-state index contributed by atoms with van der Waals surface area (Å²) in [4.78, 5) is 16.3. The van der Waals surface area contributed by atoms with Crippen LogP contribution in [0.15, 0.2) is 12.1 Å². The molecule has 1 aromatic rings. The molecule has 0 saturated carbocycles. The third kappa shape index (κ3) is 3.45. The van der Waals surface area contributed by atoms with Gasteiger partial charge in [0, 0.05) is 38.1 Å². The Morgan fingerprint density at radius 1 is 1.29 bits per heavy atom. The summed E-state index contributed by atoms with van der Waals surface area (Å²) in [6.07, 6.45) is 1.34. The number of aromatic nitrogens is 2. The third-order valence-electron chi connectivity index (χ3n) is 5.08. The van der Waals surface area contributed by atoms with Crippen molar-refractivity contribution < 1.29 is 9.90 Å². The van der Waals surface area contributed by atoms with Gasteiger partial charge in [0.05, 0.1) is 11.3 Å². The summed E-state index contributed by atoms with van der Waals surface area (Å²) in [5.74, 6) is 0.868. The van der Waals surface area contributed by atoms with Crippen LogP contribution in [0.2, 0.25) is 0 Å². The zero-order valence-electron chi connectivity index (χ0n) is 14.7. The first-order valence-corrected chi connectivity index (χ1v) is 8.70. The first kappa shape index (κ1) is 17.0. The predicted molar refractivity (Wildman–Crippen MR) is 91.9 cm³/mol. The minimum Gasteiger partial charge on any atom is -0.389 e. The van der Waals surface area contributed by atoms with Crippen molar-refractivity contribution in [1.29, 1.82) is 0 Å². The van der Waals surface area contributed by atoms with Gasteiger partial charge >= 0.3 is 6.03 Å². The summed E-state index contributed by atoms with van der Waals surface area (Å²) >= 11 is 0. The van der Waals surface area contributed by atoms with E-state index in [1.165, 1.54) is 0 Å². The molecule has 24 heavy (non-hydrogen) atoms. The van der Waals surface area contributed by atoms with Crippen molar-refractivity contribution in [2.45, 2.75) is 45.3 Å². The minimum absolute atomic E-state index is 0.0287. The highest BCUT2D eigenvalue weighted by Crippen LogP contribution is 2.36. The molecule has 2 aliphatic rings. The fourth-order valence-corrected chi connectivity index (χ4v) is 3.59. The van der Waals surface area contributed by atoms with Gasteiger partial charge in [-0.25, -0.2) is 4.79 Å². The highest BCUT2D eigenvalue weighted by Gasteiger charge is 2.46. The summed E-state index contributed by atoms with van der Waals surface area (Å²) in [6.45, 7) is 8.47. The van der Waals surface area contributed by atoms with Crippen LogP contribution in [0.1, 0.15) is 32.4 Å². The Bertz CT molecular complexity index is 591. The molecule has 0 aliphatic carbocycles. The van der Waals surface area contributed by atoms with E-state index in [0.717, 1.165) is 18.1 Å². The molecule has 0 unspecified atom stereocenters. The van der Waals surface area contributed by atoms with Crippen LogP contribution in [0.5, 0.6) is 0 Å². The number of fused-ring (bicyclic) bond motifs is 1. The van der Waals surface area contributed by atoms with Crippen LogP contribution in [0.25, 0.3) is 0 Å². The van der Waals surface area contributed by atoms with Gasteiger partial charge in [-0.05, 0) is 45.7 Å². The number of hydrogen-bond acceptors (Lipinski definition) is 5. The van der Waals surface area contributed by atoms with Crippen LogP contribution >= 0.6 is 0 Å². The summed E-state index contributed by atoms with van der Waals surface area (Å²) < 4.78 is 0. The van der Waals surface area contributed by atoms with Gasteiger partial charge in [-0.2, -0.15) is 5.10 Å². The number of nitrogens with zero attached hydrogens (tertiary/aromatic N) is 4. The van der Waals surface area contributed by atoms with Crippen LogP contribution in [0.3, 0.4) is 0 Å². The number of aliphatic hydroxyl groups is 1. The van der Waals surface area contributed by atoms with Gasteiger partial charge in [0.15, 0.2) is 5.82 Å². The quantitative estimate of drug-likeness (QED) is 0.849. The maximum atomic E-state index is 12.3. The maximum absolute atomic E-state index is 12.3. The van der Waals surface area contributed by atoms with E-state index in [1.54, 1.807) is 0 Å². The van der Waals surface area contributed by atoms with E-state index in [9.17, 15) is 9.90 Å². The van der Waals surface area contributed by atoms with Crippen LogP contribution in [0, 0.1) is 12.8 Å². The predicted octanol–water partition coefficient (Wildman–Crippen LogP) is 1.17. The highest BCUT2D eigenvalue weighted by molar-refractivity contribution is 5.74. The van der Waals surface area contributed by atoms with Crippen LogP contribution in [-0.2, 0) is 0 Å². The van der Waals surface area contributed by atoms with Gasteiger partial charge in [0.1, 0.15) is 0 Å². The van der Waals surface area contributed by atoms with Gasteiger partial charge in [0.25, 0.3) is 0 Å². The van der Waals surface area contributed by atoms with E-state index in [-0.39, 0.29) is 18.0 Å². The molecule has 2 saturated heterocycles. The Morgan fingerprint density at radius 3 is 2.71 bits per heavy atom. The second kappa shape index (κ2) is 6.55. The molecule has 132 valence electrons. The maximum Gasteiger partial charge on any atom is 0.317 e. The Hall–Kier alpha value is -1.89. The van der Waals surface area contributed by atoms with Crippen LogP contribution in [0.4, 0.5) is 10.6 Å². The lowest BCUT2D eigenvalue weighted by molar-refractivity contribution is -0.0747. The summed E-state index contributed by atoms with van der Waals surface area (Å²) in [5.41, 5.74) is 0.213. The molecule has 2 atom stereocenters. The van der Waals surface area contributed by atoms with E-state index in [4.69, 9.17) is 0 Å². The molecular formula is C17H27N5O2. The molecule has 2 amide bonds. The number of carbonyl (C=O) groups is 1. The summed E-state index contributed by atoms with van der Waals surface area (Å²) in [7, 11) is 0. The average molecular weight is 333 g/mol. The molecule has 0 aromatic carbocycles. The lowest BCUT2D eigenvalue weighted by Gasteiger charge is -2.50. The zero-order chi connectivity index (χ0) is 17.3. The number of hydrogen-bond donors (Lipinski definition) is 2. The topological polar surface area (TPSA) is 81.6 Å². The number of piperidine rings is 2. The van der Waals surface area contributed by atoms with Gasteiger partial charge in [0.2, 0.25) is 0 Å². The van der Waals surface area contributed by atoms with Crippen molar-refractivity contribution in [1.82, 2.24) is 20.4 Å². The van der Waals surface area contributed by atoms with Crippen molar-refractivity contribution in [3.05, 3.63) is 17.8 Å². The van der Waals surface area contributed by atoms with E-state index < -0.39 is 5.60 Å². The smallest absolute Gasteiger partial charge is 0.317 e. The third-order valence-corrected chi connectivity index (χ3v) is 5.08. The molecule has 7 nitrogen and oxygen atoms in total. The van der Waals surface area contributed by atoms with Crippen LogP contribution in [-0.4, -0.2) is 64.1 Å². The molecule has 1 aromatic heterocycles. The Balaban J connectivity index is 1.69. The van der Waals surface area contributed by atoms with Crippen molar-refractivity contribution in [3.8, 4) is 0 Å². The van der Waals surface area contributed by atoms with E-state index in [0.29, 0.717) is 32.5 Å².